The summed E-state index contributed by atoms with van der Waals surface area (Å²) in [6.45, 7) is 0. The quantitative estimate of drug-likeness (QED) is 0.833. The van der Waals surface area contributed by atoms with Crippen molar-refractivity contribution in [1.82, 2.24) is 4.98 Å². The molecule has 0 spiro atoms. The molecular formula is C10H12N2OS2. The highest BCUT2D eigenvalue weighted by molar-refractivity contribution is 8.45. The van der Waals surface area contributed by atoms with E-state index in [1.165, 1.54) is 0 Å². The van der Waals surface area contributed by atoms with Gasteiger partial charge < -0.3 is 5.73 Å². The number of rotatable bonds is 1. The van der Waals surface area contributed by atoms with Gasteiger partial charge in [0, 0.05) is 0 Å². The van der Waals surface area contributed by atoms with Crippen LogP contribution < -0.4 is 5.73 Å². The fraction of sp³-hybridized carbons (Fsp3) is 0.200. The van der Waals surface area contributed by atoms with Crippen molar-refractivity contribution < 1.29 is 4.79 Å². The van der Waals surface area contributed by atoms with E-state index in [0.717, 1.165) is 14.6 Å². The van der Waals surface area contributed by atoms with Gasteiger partial charge in [0.1, 0.15) is 4.34 Å². The molecule has 0 atom stereocenters. The number of carbonyl (C=O) groups is 1. The SMILES string of the molecule is CS(C)(C(N)=O)c1nc2ccccc2s1. The maximum absolute atomic E-state index is 11.3. The van der Waals surface area contributed by atoms with Gasteiger partial charge in [-0.2, -0.15) is 0 Å². The Kier molecular flexibility index (Phi) is 2.44. The molecule has 0 saturated carbocycles. The summed E-state index contributed by atoms with van der Waals surface area (Å²) in [6.07, 6.45) is 3.76. The number of carbonyl (C=O) groups excluding carboxylic acids is 1. The van der Waals surface area contributed by atoms with Gasteiger partial charge in [-0.25, -0.2) is 4.98 Å². The molecule has 1 heterocycles. The minimum Gasteiger partial charge on any atom is -0.361 e. The van der Waals surface area contributed by atoms with Crippen molar-refractivity contribution in [3.05, 3.63) is 24.3 Å². The van der Waals surface area contributed by atoms with Crippen molar-refractivity contribution in [2.24, 2.45) is 5.73 Å². The Labute approximate surface area is 93.6 Å². The van der Waals surface area contributed by atoms with Gasteiger partial charge in [0.2, 0.25) is 0 Å². The molecule has 0 aliphatic carbocycles. The number of amides is 1. The molecule has 1 aromatic heterocycles. The Morgan fingerprint density at radius 3 is 2.67 bits per heavy atom. The first-order chi connectivity index (χ1) is 7.01. The number of aromatic nitrogens is 1. The lowest BCUT2D eigenvalue weighted by molar-refractivity contribution is 0.266. The predicted octanol–water partition coefficient (Wildman–Crippen LogP) is 2.80. The van der Waals surface area contributed by atoms with Gasteiger partial charge in [-0.3, -0.25) is 4.79 Å². The second-order valence-electron chi connectivity index (χ2n) is 3.59. The zero-order valence-corrected chi connectivity index (χ0v) is 10.2. The molecule has 1 aromatic carbocycles. The van der Waals surface area contributed by atoms with E-state index in [0.29, 0.717) is 0 Å². The Balaban J connectivity index is 2.58. The zero-order valence-electron chi connectivity index (χ0n) is 8.56. The van der Waals surface area contributed by atoms with Crippen LogP contribution in [0.1, 0.15) is 0 Å². The van der Waals surface area contributed by atoms with E-state index in [-0.39, 0.29) is 5.24 Å². The minimum absolute atomic E-state index is 0.262. The monoisotopic (exact) mass is 240 g/mol. The number of hydrogen-bond donors (Lipinski definition) is 1. The molecule has 2 N–H and O–H groups in total. The van der Waals surface area contributed by atoms with Crippen LogP contribution in [0.25, 0.3) is 10.2 Å². The maximum atomic E-state index is 11.3. The van der Waals surface area contributed by atoms with Crippen LogP contribution in [0, 0.1) is 0 Å². The fourth-order valence-corrected chi connectivity index (χ4v) is 3.70. The molecule has 0 aliphatic rings. The molecule has 5 heteroatoms. The summed E-state index contributed by atoms with van der Waals surface area (Å²) in [4.78, 5) is 15.8. The molecule has 15 heavy (non-hydrogen) atoms. The lowest BCUT2D eigenvalue weighted by atomic mass is 10.3. The predicted molar refractivity (Wildman–Crippen MR) is 66.9 cm³/mol. The van der Waals surface area contributed by atoms with E-state index in [1.807, 2.05) is 36.8 Å². The number of hydrogen-bond acceptors (Lipinski definition) is 3. The molecule has 0 unspecified atom stereocenters. The van der Waals surface area contributed by atoms with Crippen LogP contribution in [0.3, 0.4) is 0 Å². The molecule has 80 valence electrons. The van der Waals surface area contributed by atoms with E-state index in [9.17, 15) is 4.79 Å². The van der Waals surface area contributed by atoms with Gasteiger partial charge in [0.05, 0.1) is 10.2 Å². The Morgan fingerprint density at radius 1 is 1.40 bits per heavy atom. The Bertz CT molecular complexity index is 486. The third kappa shape index (κ3) is 1.72. The zero-order chi connectivity index (χ0) is 11.1. The molecule has 0 aliphatic heterocycles. The number of nitrogens with two attached hydrogens (primary N) is 1. The number of benzene rings is 1. The van der Waals surface area contributed by atoms with Gasteiger partial charge in [0.25, 0.3) is 5.24 Å². The third-order valence-corrected chi connectivity index (χ3v) is 6.52. The summed E-state index contributed by atoms with van der Waals surface area (Å²) in [5.41, 5.74) is 6.33. The van der Waals surface area contributed by atoms with Crippen molar-refractivity contribution in [2.75, 3.05) is 12.5 Å². The number of nitrogens with zero attached hydrogens (tertiary/aromatic N) is 1. The normalized spacial score (nSPS) is 12.9. The van der Waals surface area contributed by atoms with Crippen LogP contribution in [-0.4, -0.2) is 22.7 Å². The van der Waals surface area contributed by atoms with Gasteiger partial charge in [0.15, 0.2) is 0 Å². The third-order valence-electron chi connectivity index (χ3n) is 2.21. The largest absolute Gasteiger partial charge is 0.361 e. The topological polar surface area (TPSA) is 56.0 Å². The summed E-state index contributed by atoms with van der Waals surface area (Å²) < 4.78 is 1.96. The summed E-state index contributed by atoms with van der Waals surface area (Å²) in [5.74, 6) is 0. The summed E-state index contributed by atoms with van der Waals surface area (Å²) >= 11 is 1.56. The van der Waals surface area contributed by atoms with Crippen LogP contribution in [0.2, 0.25) is 0 Å². The maximum Gasteiger partial charge on any atom is 0.264 e. The molecule has 1 amide bonds. The summed E-state index contributed by atoms with van der Waals surface area (Å²) in [6, 6.07) is 7.87. The van der Waals surface area contributed by atoms with E-state index >= 15 is 0 Å². The van der Waals surface area contributed by atoms with Gasteiger partial charge in [-0.1, -0.05) is 12.1 Å². The highest BCUT2D eigenvalue weighted by Gasteiger charge is 2.25. The first-order valence-electron chi connectivity index (χ1n) is 4.40. The molecular weight excluding hydrogens is 228 g/mol. The average molecular weight is 240 g/mol. The first kappa shape index (κ1) is 10.4. The average Bonchev–Trinajstić information content (AvgIpc) is 2.61. The molecule has 0 radical (unpaired) electrons. The molecule has 0 bridgehead atoms. The van der Waals surface area contributed by atoms with E-state index in [2.05, 4.69) is 4.98 Å². The molecule has 2 aromatic rings. The number of primary amides is 1. The van der Waals surface area contributed by atoms with Crippen molar-refractivity contribution in [1.29, 1.82) is 0 Å². The number of fused-ring (bicyclic) bond motifs is 1. The molecule has 0 saturated heterocycles. The van der Waals surface area contributed by atoms with Gasteiger partial charge in [-0.05, 0) is 24.6 Å². The molecule has 2 rings (SSSR count). The molecule has 0 fully saturated rings. The minimum atomic E-state index is -1.59. The Hall–Kier alpha value is -1.07. The van der Waals surface area contributed by atoms with Crippen LogP contribution in [0.15, 0.2) is 28.6 Å². The smallest absolute Gasteiger partial charge is 0.264 e. The van der Waals surface area contributed by atoms with Gasteiger partial charge in [-0.15, -0.1) is 21.4 Å². The highest BCUT2D eigenvalue weighted by Crippen LogP contribution is 2.51. The fourth-order valence-electron chi connectivity index (χ4n) is 1.16. The van der Waals surface area contributed by atoms with E-state index in [1.54, 1.807) is 11.3 Å². The summed E-state index contributed by atoms with van der Waals surface area (Å²) in [5, 5.41) is -0.262. The van der Waals surface area contributed by atoms with Gasteiger partial charge >= 0.3 is 0 Å². The van der Waals surface area contributed by atoms with E-state index in [4.69, 9.17) is 5.73 Å². The highest BCUT2D eigenvalue weighted by atomic mass is 32.3. The van der Waals surface area contributed by atoms with Crippen molar-refractivity contribution >= 4 is 36.8 Å². The Morgan fingerprint density at radius 2 is 2.07 bits per heavy atom. The van der Waals surface area contributed by atoms with Crippen molar-refractivity contribution in [3.8, 4) is 0 Å². The van der Waals surface area contributed by atoms with Crippen molar-refractivity contribution in [2.45, 2.75) is 4.34 Å². The number of thiazole rings is 1. The summed E-state index contributed by atoms with van der Waals surface area (Å²) in [7, 11) is -1.59. The van der Waals surface area contributed by atoms with E-state index < -0.39 is 10.0 Å². The standard InChI is InChI=1S/C10H12N2OS2/c1-15(2,9(11)13)10-12-7-5-3-4-6-8(7)14-10/h3-6H,1-2H3,(H2,11,13). The second kappa shape index (κ2) is 3.50. The number of para-hydroxylation sites is 1. The second-order valence-corrected chi connectivity index (χ2v) is 8.33. The van der Waals surface area contributed by atoms with Crippen LogP contribution in [-0.2, 0) is 0 Å². The first-order valence-corrected chi connectivity index (χ1v) is 7.67. The van der Waals surface area contributed by atoms with Crippen molar-refractivity contribution in [3.63, 3.8) is 0 Å². The lowest BCUT2D eigenvalue weighted by Crippen LogP contribution is -2.17. The van der Waals surface area contributed by atoms with Crippen LogP contribution in [0.5, 0.6) is 0 Å². The van der Waals surface area contributed by atoms with Crippen LogP contribution >= 0.6 is 21.4 Å². The molecule has 3 nitrogen and oxygen atoms in total. The van der Waals surface area contributed by atoms with Crippen LogP contribution in [0.4, 0.5) is 4.79 Å². The lowest BCUT2D eigenvalue weighted by Gasteiger charge is -2.22.